The standard InChI is InChI=1S/C15H19FN2O3S/c1-10(2)8-14-17-15(21-18-14)9-22(19,20)11(3)12-4-6-13(16)7-5-12/h4-7,10-11H,8-9H2,1-3H3/t11-/m0/s1. The second-order valence-corrected chi connectivity index (χ2v) is 8.02. The van der Waals surface area contributed by atoms with Gasteiger partial charge >= 0.3 is 0 Å². The normalized spacial score (nSPS) is 13.5. The number of hydrogen-bond donors (Lipinski definition) is 0. The fourth-order valence-corrected chi connectivity index (χ4v) is 3.32. The molecule has 1 aromatic carbocycles. The van der Waals surface area contributed by atoms with Crippen LogP contribution in [0.5, 0.6) is 0 Å². The fraction of sp³-hybridized carbons (Fsp3) is 0.467. The first-order chi connectivity index (χ1) is 10.3. The number of hydrogen-bond acceptors (Lipinski definition) is 5. The third kappa shape index (κ3) is 4.13. The largest absolute Gasteiger partial charge is 0.338 e. The number of benzene rings is 1. The Morgan fingerprint density at radius 3 is 2.41 bits per heavy atom. The SMILES string of the molecule is CC(C)Cc1noc(CS(=O)(=O)[C@@H](C)c2ccc(F)cc2)n1. The highest BCUT2D eigenvalue weighted by Gasteiger charge is 2.26. The van der Waals surface area contributed by atoms with Gasteiger partial charge in [-0.1, -0.05) is 31.1 Å². The van der Waals surface area contributed by atoms with Gasteiger partial charge in [0.25, 0.3) is 0 Å². The maximum absolute atomic E-state index is 12.9. The lowest BCUT2D eigenvalue weighted by atomic mass is 10.1. The van der Waals surface area contributed by atoms with Gasteiger partial charge in [0.2, 0.25) is 5.89 Å². The maximum atomic E-state index is 12.9. The van der Waals surface area contributed by atoms with E-state index in [1.807, 2.05) is 13.8 Å². The molecule has 0 unspecified atom stereocenters. The van der Waals surface area contributed by atoms with E-state index in [2.05, 4.69) is 10.1 Å². The molecule has 0 amide bonds. The average molecular weight is 326 g/mol. The van der Waals surface area contributed by atoms with Crippen molar-refractivity contribution in [3.8, 4) is 0 Å². The molecular formula is C15H19FN2O3S. The highest BCUT2D eigenvalue weighted by molar-refractivity contribution is 7.90. The van der Waals surface area contributed by atoms with Crippen molar-refractivity contribution in [2.24, 2.45) is 5.92 Å². The van der Waals surface area contributed by atoms with E-state index in [9.17, 15) is 12.8 Å². The Morgan fingerprint density at radius 2 is 1.82 bits per heavy atom. The number of sulfone groups is 1. The number of aromatic nitrogens is 2. The van der Waals surface area contributed by atoms with Gasteiger partial charge in [0.1, 0.15) is 11.6 Å². The summed E-state index contributed by atoms with van der Waals surface area (Å²) < 4.78 is 42.7. The minimum Gasteiger partial charge on any atom is -0.338 e. The van der Waals surface area contributed by atoms with E-state index < -0.39 is 20.9 Å². The first kappa shape index (κ1) is 16.6. The summed E-state index contributed by atoms with van der Waals surface area (Å²) in [5.41, 5.74) is 0.531. The molecule has 0 spiro atoms. The van der Waals surface area contributed by atoms with Crippen LogP contribution in [-0.2, 0) is 22.0 Å². The minimum absolute atomic E-state index is 0.0876. The summed E-state index contributed by atoms with van der Waals surface area (Å²) in [4.78, 5) is 4.11. The molecule has 5 nitrogen and oxygen atoms in total. The lowest BCUT2D eigenvalue weighted by molar-refractivity contribution is 0.380. The number of halogens is 1. The van der Waals surface area contributed by atoms with Gasteiger partial charge in [-0.2, -0.15) is 4.98 Å². The smallest absolute Gasteiger partial charge is 0.241 e. The molecule has 0 saturated carbocycles. The van der Waals surface area contributed by atoms with E-state index in [1.165, 1.54) is 24.3 Å². The van der Waals surface area contributed by atoms with Crippen LogP contribution in [0.25, 0.3) is 0 Å². The molecule has 0 aliphatic carbocycles. The Balaban J connectivity index is 2.13. The van der Waals surface area contributed by atoms with Crippen molar-refractivity contribution in [3.05, 3.63) is 47.4 Å². The summed E-state index contributed by atoms with van der Waals surface area (Å²) in [5, 5.41) is 3.01. The van der Waals surface area contributed by atoms with E-state index in [0.29, 0.717) is 23.7 Å². The molecule has 1 atom stereocenters. The summed E-state index contributed by atoms with van der Waals surface area (Å²) in [6.45, 7) is 5.60. The quantitative estimate of drug-likeness (QED) is 0.815. The van der Waals surface area contributed by atoms with E-state index in [-0.39, 0.29) is 11.6 Å². The second-order valence-electron chi connectivity index (χ2n) is 5.70. The first-order valence-corrected chi connectivity index (χ1v) is 8.78. The van der Waals surface area contributed by atoms with E-state index >= 15 is 0 Å². The lowest BCUT2D eigenvalue weighted by Gasteiger charge is -2.11. The highest BCUT2D eigenvalue weighted by atomic mass is 32.2. The minimum atomic E-state index is -3.51. The summed E-state index contributed by atoms with van der Waals surface area (Å²) in [6, 6.07) is 5.43. The molecule has 22 heavy (non-hydrogen) atoms. The van der Waals surface area contributed by atoms with E-state index in [1.54, 1.807) is 6.92 Å². The van der Waals surface area contributed by atoms with E-state index in [4.69, 9.17) is 4.52 Å². The maximum Gasteiger partial charge on any atom is 0.241 e. The van der Waals surface area contributed by atoms with Crippen molar-refractivity contribution in [1.82, 2.24) is 10.1 Å². The van der Waals surface area contributed by atoms with Crippen LogP contribution in [-0.4, -0.2) is 18.6 Å². The van der Waals surface area contributed by atoms with Crippen LogP contribution in [0.15, 0.2) is 28.8 Å². The molecule has 2 aromatic rings. The Kier molecular flexibility index (Phi) is 4.95. The summed E-state index contributed by atoms with van der Waals surface area (Å²) in [6.07, 6.45) is 0.636. The Morgan fingerprint density at radius 1 is 1.18 bits per heavy atom. The van der Waals surface area contributed by atoms with Crippen LogP contribution >= 0.6 is 0 Å². The van der Waals surface area contributed by atoms with Gasteiger partial charge in [0.05, 0.1) is 5.25 Å². The molecule has 120 valence electrons. The summed E-state index contributed by atoms with van der Waals surface area (Å²) in [5.74, 6) is 0.236. The molecule has 1 aromatic heterocycles. The van der Waals surface area contributed by atoms with Gasteiger partial charge in [0, 0.05) is 6.42 Å². The van der Waals surface area contributed by atoms with Gasteiger partial charge in [-0.15, -0.1) is 0 Å². The second kappa shape index (κ2) is 6.56. The molecule has 0 bridgehead atoms. The van der Waals surface area contributed by atoms with Crippen molar-refractivity contribution >= 4 is 9.84 Å². The topological polar surface area (TPSA) is 73.1 Å². The van der Waals surface area contributed by atoms with Crippen LogP contribution in [0.2, 0.25) is 0 Å². The van der Waals surface area contributed by atoms with Gasteiger partial charge < -0.3 is 4.52 Å². The first-order valence-electron chi connectivity index (χ1n) is 7.06. The van der Waals surface area contributed by atoms with Crippen LogP contribution in [0.1, 0.15) is 43.3 Å². The molecule has 7 heteroatoms. The zero-order valence-electron chi connectivity index (χ0n) is 12.8. The van der Waals surface area contributed by atoms with Gasteiger partial charge in [-0.3, -0.25) is 0 Å². The molecule has 0 saturated heterocycles. The van der Waals surface area contributed by atoms with Crippen LogP contribution in [0.3, 0.4) is 0 Å². The Hall–Kier alpha value is -1.76. The van der Waals surface area contributed by atoms with Crippen LogP contribution in [0.4, 0.5) is 4.39 Å². The van der Waals surface area contributed by atoms with Crippen LogP contribution < -0.4 is 0 Å². The molecule has 0 fully saturated rings. The lowest BCUT2D eigenvalue weighted by Crippen LogP contribution is -2.13. The number of rotatable bonds is 6. The molecule has 1 heterocycles. The predicted octanol–water partition coefficient (Wildman–Crippen LogP) is 3.08. The third-order valence-electron chi connectivity index (χ3n) is 3.30. The Labute approximate surface area is 129 Å². The summed E-state index contributed by atoms with van der Waals surface area (Å²) in [7, 11) is -3.51. The van der Waals surface area contributed by atoms with Gasteiger partial charge in [-0.25, -0.2) is 12.8 Å². The van der Waals surface area contributed by atoms with E-state index in [0.717, 1.165) is 0 Å². The molecule has 0 aliphatic rings. The summed E-state index contributed by atoms with van der Waals surface area (Å²) >= 11 is 0. The van der Waals surface area contributed by atoms with Gasteiger partial charge in [-0.05, 0) is 30.5 Å². The fourth-order valence-electron chi connectivity index (χ4n) is 2.04. The van der Waals surface area contributed by atoms with Crippen molar-refractivity contribution in [2.75, 3.05) is 0 Å². The molecule has 2 rings (SSSR count). The monoisotopic (exact) mass is 326 g/mol. The average Bonchev–Trinajstić information content (AvgIpc) is 2.84. The van der Waals surface area contributed by atoms with Gasteiger partial charge in [0.15, 0.2) is 15.7 Å². The zero-order chi connectivity index (χ0) is 16.3. The van der Waals surface area contributed by atoms with Crippen molar-refractivity contribution in [2.45, 2.75) is 38.2 Å². The molecule has 0 radical (unpaired) electrons. The van der Waals surface area contributed by atoms with Crippen LogP contribution in [0, 0.1) is 11.7 Å². The molecule has 0 aliphatic heterocycles. The number of nitrogens with zero attached hydrogens (tertiary/aromatic N) is 2. The van der Waals surface area contributed by atoms with Crippen molar-refractivity contribution < 1.29 is 17.3 Å². The predicted molar refractivity (Wildman–Crippen MR) is 80.3 cm³/mol. The van der Waals surface area contributed by atoms with Crippen molar-refractivity contribution in [1.29, 1.82) is 0 Å². The molecule has 0 N–H and O–H groups in total. The zero-order valence-corrected chi connectivity index (χ0v) is 13.6. The molecular weight excluding hydrogens is 307 g/mol. The highest BCUT2D eigenvalue weighted by Crippen LogP contribution is 2.25. The Bertz CT molecular complexity index is 724. The third-order valence-corrected chi connectivity index (χ3v) is 5.30. The van der Waals surface area contributed by atoms with Crippen molar-refractivity contribution in [3.63, 3.8) is 0 Å².